The van der Waals surface area contributed by atoms with E-state index in [0.29, 0.717) is 22.4 Å². The fourth-order valence-electron chi connectivity index (χ4n) is 4.52. The summed E-state index contributed by atoms with van der Waals surface area (Å²) in [6.45, 7) is 1.89. The highest BCUT2D eigenvalue weighted by Crippen LogP contribution is 2.35. The number of hydrogen-bond acceptors (Lipinski definition) is 4. The normalized spacial score (nSPS) is 16.4. The summed E-state index contributed by atoms with van der Waals surface area (Å²) < 4.78 is 32.8. The third-order valence-corrected chi connectivity index (χ3v) is 6.49. The average Bonchev–Trinajstić information content (AvgIpc) is 3.26. The fraction of sp³-hybridized carbons (Fsp3) is 0.129. The van der Waals surface area contributed by atoms with E-state index in [-0.39, 0.29) is 18.1 Å². The maximum atomic E-state index is 13.8. The summed E-state index contributed by atoms with van der Waals surface area (Å²) in [6, 6.07) is 23.7. The molecule has 4 aromatic carbocycles. The van der Waals surface area contributed by atoms with Crippen LogP contribution in [0.2, 0.25) is 0 Å². The molecule has 0 aliphatic carbocycles. The summed E-state index contributed by atoms with van der Waals surface area (Å²) in [7, 11) is 0. The van der Waals surface area contributed by atoms with Crippen molar-refractivity contribution in [3.63, 3.8) is 0 Å². The third kappa shape index (κ3) is 5.99. The summed E-state index contributed by atoms with van der Waals surface area (Å²) in [5.41, 5.74) is 3.32. The van der Waals surface area contributed by atoms with E-state index in [0.717, 1.165) is 5.56 Å². The fourth-order valence-corrected chi connectivity index (χ4v) is 4.52. The lowest BCUT2D eigenvalue weighted by atomic mass is 10.00. The lowest BCUT2D eigenvalue weighted by molar-refractivity contribution is -0.121. The quantitative estimate of drug-likeness (QED) is 0.291. The van der Waals surface area contributed by atoms with Crippen molar-refractivity contribution in [1.29, 1.82) is 0 Å². The van der Waals surface area contributed by atoms with Gasteiger partial charge in [0.15, 0.2) is 12.1 Å². The molecule has 1 aliphatic heterocycles. The van der Waals surface area contributed by atoms with Crippen LogP contribution in [0.4, 0.5) is 25.0 Å². The lowest BCUT2D eigenvalue weighted by Crippen LogP contribution is -2.43. The molecule has 5 rings (SSSR count). The van der Waals surface area contributed by atoms with Crippen molar-refractivity contribution < 1.29 is 27.9 Å². The third-order valence-electron chi connectivity index (χ3n) is 6.49. The van der Waals surface area contributed by atoms with Gasteiger partial charge in [-0.3, -0.25) is 14.5 Å². The molecule has 3 amide bonds. The predicted octanol–water partition coefficient (Wildman–Crippen LogP) is 6.23. The van der Waals surface area contributed by atoms with Gasteiger partial charge in [-0.1, -0.05) is 48.0 Å². The van der Waals surface area contributed by atoms with E-state index in [1.54, 1.807) is 42.5 Å². The number of benzene rings is 4. The van der Waals surface area contributed by atoms with Crippen molar-refractivity contribution in [2.75, 3.05) is 10.6 Å². The molecular weight excluding hydrogens is 516 g/mol. The van der Waals surface area contributed by atoms with Crippen molar-refractivity contribution in [3.05, 3.63) is 131 Å². The maximum Gasteiger partial charge on any atom is 0.411 e. The van der Waals surface area contributed by atoms with E-state index >= 15 is 0 Å². The lowest BCUT2D eigenvalue weighted by Gasteiger charge is -2.24. The SMILES string of the molecule is Cc1cccc(C(=O)Nc2ccc([C@H]3OC(=O)N(Cc4ccc(F)cc4)[C@@H]3C(=O)Nc3cccc(F)c3)cc2)c1. The summed E-state index contributed by atoms with van der Waals surface area (Å²) in [4.78, 5) is 40.3. The zero-order chi connectivity index (χ0) is 28.2. The Labute approximate surface area is 229 Å². The van der Waals surface area contributed by atoms with Crippen molar-refractivity contribution in [2.45, 2.75) is 25.6 Å². The molecule has 9 heteroatoms. The summed E-state index contributed by atoms with van der Waals surface area (Å²) in [5, 5.41) is 5.49. The van der Waals surface area contributed by atoms with Crippen LogP contribution in [-0.2, 0) is 16.1 Å². The van der Waals surface area contributed by atoms with E-state index in [2.05, 4.69) is 10.6 Å². The summed E-state index contributed by atoms with van der Waals surface area (Å²) in [6.07, 6.45) is -1.73. The van der Waals surface area contributed by atoms with Gasteiger partial charge in [0, 0.05) is 16.9 Å². The molecule has 40 heavy (non-hydrogen) atoms. The maximum absolute atomic E-state index is 13.8. The molecule has 7 nitrogen and oxygen atoms in total. The first-order chi connectivity index (χ1) is 19.3. The second-order valence-electron chi connectivity index (χ2n) is 9.45. The van der Waals surface area contributed by atoms with Gasteiger partial charge in [0.25, 0.3) is 11.8 Å². The second kappa shape index (κ2) is 11.4. The van der Waals surface area contributed by atoms with Gasteiger partial charge in [0.1, 0.15) is 11.6 Å². The van der Waals surface area contributed by atoms with Gasteiger partial charge in [-0.2, -0.15) is 0 Å². The minimum Gasteiger partial charge on any atom is -0.438 e. The average molecular weight is 542 g/mol. The highest BCUT2D eigenvalue weighted by molar-refractivity contribution is 6.04. The van der Waals surface area contributed by atoms with Crippen molar-refractivity contribution in [1.82, 2.24) is 4.90 Å². The minimum absolute atomic E-state index is 0.0124. The molecule has 1 aliphatic rings. The van der Waals surface area contributed by atoms with Gasteiger partial charge in [-0.05, 0) is 72.6 Å². The van der Waals surface area contributed by atoms with E-state index in [4.69, 9.17) is 4.74 Å². The van der Waals surface area contributed by atoms with Gasteiger partial charge < -0.3 is 15.4 Å². The first kappa shape index (κ1) is 26.6. The number of halogens is 2. The monoisotopic (exact) mass is 541 g/mol. The molecule has 0 radical (unpaired) electrons. The molecule has 1 fully saturated rings. The van der Waals surface area contributed by atoms with Crippen LogP contribution in [-0.4, -0.2) is 28.8 Å². The van der Waals surface area contributed by atoms with Crippen LogP contribution in [0.3, 0.4) is 0 Å². The zero-order valence-corrected chi connectivity index (χ0v) is 21.4. The predicted molar refractivity (Wildman–Crippen MR) is 146 cm³/mol. The molecule has 1 saturated heterocycles. The van der Waals surface area contributed by atoms with Gasteiger partial charge in [-0.15, -0.1) is 0 Å². The number of ether oxygens (including phenoxy) is 1. The zero-order valence-electron chi connectivity index (χ0n) is 21.4. The number of nitrogens with zero attached hydrogens (tertiary/aromatic N) is 1. The largest absolute Gasteiger partial charge is 0.438 e. The van der Waals surface area contributed by atoms with Crippen LogP contribution in [0.5, 0.6) is 0 Å². The smallest absolute Gasteiger partial charge is 0.411 e. The summed E-state index contributed by atoms with van der Waals surface area (Å²) in [5.74, 6) is -1.82. The van der Waals surface area contributed by atoms with E-state index in [1.807, 2.05) is 13.0 Å². The van der Waals surface area contributed by atoms with Crippen LogP contribution in [0.1, 0.15) is 33.2 Å². The van der Waals surface area contributed by atoms with Gasteiger partial charge in [0.2, 0.25) is 0 Å². The van der Waals surface area contributed by atoms with E-state index < -0.39 is 35.8 Å². The molecule has 0 saturated carbocycles. The Morgan fingerprint density at radius 2 is 1.55 bits per heavy atom. The van der Waals surface area contributed by atoms with Crippen LogP contribution in [0.25, 0.3) is 0 Å². The van der Waals surface area contributed by atoms with Crippen molar-refractivity contribution in [3.8, 4) is 0 Å². The van der Waals surface area contributed by atoms with Crippen molar-refractivity contribution >= 4 is 29.3 Å². The first-order valence-electron chi connectivity index (χ1n) is 12.5. The molecular formula is C31H25F2N3O4. The standard InChI is InChI=1S/C31H25F2N3O4/c1-19-4-2-5-22(16-19)29(37)34-25-14-10-21(11-15-25)28-27(30(38)35-26-7-3-6-24(33)17-26)36(31(39)40-28)18-20-8-12-23(32)13-9-20/h2-17,27-28H,18H2,1H3,(H,34,37)(H,35,38)/t27-,28+/m0/s1. The molecule has 0 bridgehead atoms. The molecule has 0 unspecified atom stereocenters. The second-order valence-corrected chi connectivity index (χ2v) is 9.45. The highest BCUT2D eigenvalue weighted by Gasteiger charge is 2.47. The Balaban J connectivity index is 1.39. The number of nitrogens with one attached hydrogen (secondary N) is 2. The van der Waals surface area contributed by atoms with Crippen LogP contribution in [0, 0.1) is 18.6 Å². The molecule has 2 N–H and O–H groups in total. The molecule has 0 aromatic heterocycles. The number of aryl methyl sites for hydroxylation is 1. The minimum atomic E-state index is -1.12. The number of cyclic esters (lactones) is 1. The molecule has 1 heterocycles. The van der Waals surface area contributed by atoms with Crippen LogP contribution >= 0.6 is 0 Å². The highest BCUT2D eigenvalue weighted by atomic mass is 19.1. The first-order valence-corrected chi connectivity index (χ1v) is 12.5. The number of amides is 3. The number of carbonyl (C=O) groups excluding carboxylic acids is 3. The molecule has 4 aromatic rings. The number of rotatable bonds is 7. The van der Waals surface area contributed by atoms with E-state index in [1.165, 1.54) is 53.4 Å². The number of anilines is 2. The molecule has 0 spiro atoms. The van der Waals surface area contributed by atoms with Crippen molar-refractivity contribution in [2.24, 2.45) is 0 Å². The Bertz CT molecular complexity index is 1560. The molecule has 2 atom stereocenters. The van der Waals surface area contributed by atoms with Crippen LogP contribution in [0.15, 0.2) is 97.1 Å². The Kier molecular flexibility index (Phi) is 7.54. The topological polar surface area (TPSA) is 87.7 Å². The Hall–Kier alpha value is -5.05. The van der Waals surface area contributed by atoms with Gasteiger partial charge in [-0.25, -0.2) is 13.6 Å². The Morgan fingerprint density at radius 1 is 0.825 bits per heavy atom. The van der Waals surface area contributed by atoms with E-state index in [9.17, 15) is 23.2 Å². The van der Waals surface area contributed by atoms with Gasteiger partial charge in [0.05, 0.1) is 6.54 Å². The van der Waals surface area contributed by atoms with Gasteiger partial charge >= 0.3 is 6.09 Å². The van der Waals surface area contributed by atoms with Crippen LogP contribution < -0.4 is 10.6 Å². The number of hydrogen-bond donors (Lipinski definition) is 2. The molecule has 202 valence electrons. The number of carbonyl (C=O) groups is 3. The summed E-state index contributed by atoms with van der Waals surface area (Å²) >= 11 is 0. The Morgan fingerprint density at radius 3 is 2.25 bits per heavy atom.